The van der Waals surface area contributed by atoms with E-state index in [1.807, 2.05) is 25.1 Å². The van der Waals surface area contributed by atoms with Crippen molar-refractivity contribution in [2.75, 3.05) is 13.2 Å². The van der Waals surface area contributed by atoms with E-state index in [9.17, 15) is 5.11 Å². The van der Waals surface area contributed by atoms with Gasteiger partial charge in [-0.05, 0) is 46.1 Å². The van der Waals surface area contributed by atoms with Gasteiger partial charge < -0.3 is 15.3 Å². The predicted molar refractivity (Wildman–Crippen MR) is 87.6 cm³/mol. The molecule has 4 heteroatoms. The number of rotatable bonds is 8. The highest BCUT2D eigenvalue weighted by Crippen LogP contribution is 2.04. The minimum absolute atomic E-state index is 0.00412. The zero-order valence-electron chi connectivity index (χ0n) is 13.6. The quantitative estimate of drug-likeness (QED) is 0.572. The number of oxime groups is 1. The Kier molecular flexibility index (Phi) is 7.40. The van der Waals surface area contributed by atoms with Crippen molar-refractivity contribution in [1.82, 2.24) is 5.32 Å². The minimum atomic E-state index is -0.546. The average molecular weight is 292 g/mol. The van der Waals surface area contributed by atoms with Crippen LogP contribution in [0.2, 0.25) is 0 Å². The second-order valence-corrected chi connectivity index (χ2v) is 6.39. The van der Waals surface area contributed by atoms with Crippen LogP contribution in [0.15, 0.2) is 35.5 Å². The first-order valence-corrected chi connectivity index (χ1v) is 7.49. The molecule has 0 radical (unpaired) electrons. The Morgan fingerprint density at radius 1 is 1.29 bits per heavy atom. The molecule has 0 aromatic heterocycles. The van der Waals surface area contributed by atoms with E-state index in [0.717, 1.165) is 18.6 Å². The van der Waals surface area contributed by atoms with Gasteiger partial charge in [-0.15, -0.1) is 0 Å². The maximum Gasteiger partial charge on any atom is 0.144 e. The SMILES string of the molecule is C/C(CCc1ccccc1)=N/OCC(O)CNC(C)(C)C. The van der Waals surface area contributed by atoms with Crippen LogP contribution in [0.3, 0.4) is 0 Å². The summed E-state index contributed by atoms with van der Waals surface area (Å²) in [5, 5.41) is 17.1. The van der Waals surface area contributed by atoms with E-state index < -0.39 is 6.10 Å². The highest BCUT2D eigenvalue weighted by atomic mass is 16.6. The lowest BCUT2D eigenvalue weighted by atomic mass is 10.1. The first kappa shape index (κ1) is 17.7. The Labute approximate surface area is 128 Å². The molecular formula is C17H28N2O2. The van der Waals surface area contributed by atoms with Gasteiger partial charge in [0, 0.05) is 12.1 Å². The van der Waals surface area contributed by atoms with E-state index in [0.29, 0.717) is 6.54 Å². The van der Waals surface area contributed by atoms with Gasteiger partial charge in [0.25, 0.3) is 0 Å². The van der Waals surface area contributed by atoms with E-state index in [1.165, 1.54) is 5.56 Å². The molecule has 0 amide bonds. The fraction of sp³-hybridized carbons (Fsp3) is 0.588. The predicted octanol–water partition coefficient (Wildman–Crippen LogP) is 2.76. The highest BCUT2D eigenvalue weighted by molar-refractivity contribution is 5.81. The van der Waals surface area contributed by atoms with Crippen LogP contribution in [0.4, 0.5) is 0 Å². The summed E-state index contributed by atoms with van der Waals surface area (Å²) in [7, 11) is 0. The van der Waals surface area contributed by atoms with Crippen LogP contribution in [0.25, 0.3) is 0 Å². The van der Waals surface area contributed by atoms with Gasteiger partial charge in [0.15, 0.2) is 0 Å². The monoisotopic (exact) mass is 292 g/mol. The van der Waals surface area contributed by atoms with Gasteiger partial charge in [-0.1, -0.05) is 35.5 Å². The molecule has 2 N–H and O–H groups in total. The third-order valence-electron chi connectivity index (χ3n) is 2.97. The van der Waals surface area contributed by atoms with Crippen LogP contribution in [0.1, 0.15) is 39.7 Å². The van der Waals surface area contributed by atoms with E-state index in [-0.39, 0.29) is 12.1 Å². The van der Waals surface area contributed by atoms with Crippen LogP contribution in [0.5, 0.6) is 0 Å². The van der Waals surface area contributed by atoms with Gasteiger partial charge in [-0.2, -0.15) is 0 Å². The second kappa shape index (κ2) is 8.80. The molecule has 1 atom stereocenters. The summed E-state index contributed by atoms with van der Waals surface area (Å²) in [6.45, 7) is 8.85. The molecule has 0 saturated carbocycles. The van der Waals surface area contributed by atoms with Crippen LogP contribution in [-0.4, -0.2) is 35.6 Å². The molecule has 0 saturated heterocycles. The standard InChI is InChI=1S/C17H28N2O2/c1-14(10-11-15-8-6-5-7-9-15)19-21-13-16(20)12-18-17(2,3)4/h5-9,16,18,20H,10-13H2,1-4H3/b19-14-. The number of aliphatic hydroxyl groups excluding tert-OH is 1. The van der Waals surface area contributed by atoms with Gasteiger partial charge in [-0.3, -0.25) is 0 Å². The third-order valence-corrected chi connectivity index (χ3v) is 2.97. The summed E-state index contributed by atoms with van der Waals surface area (Å²) in [6.07, 6.45) is 1.27. The number of nitrogens with one attached hydrogen (secondary N) is 1. The Morgan fingerprint density at radius 3 is 2.57 bits per heavy atom. The first-order valence-electron chi connectivity index (χ1n) is 7.49. The zero-order chi connectivity index (χ0) is 15.7. The number of β-amino-alcohol motifs (C(OH)–C–C–N with tert-alkyl or cyclic N) is 1. The van der Waals surface area contributed by atoms with Gasteiger partial charge in [-0.25, -0.2) is 0 Å². The smallest absolute Gasteiger partial charge is 0.144 e. The fourth-order valence-electron chi connectivity index (χ4n) is 1.73. The molecule has 1 rings (SSSR count). The molecule has 0 aliphatic heterocycles. The van der Waals surface area contributed by atoms with Crippen LogP contribution >= 0.6 is 0 Å². The lowest BCUT2D eigenvalue weighted by Crippen LogP contribution is -2.42. The largest absolute Gasteiger partial charge is 0.393 e. The number of hydrogen-bond acceptors (Lipinski definition) is 4. The minimum Gasteiger partial charge on any atom is -0.393 e. The molecule has 4 nitrogen and oxygen atoms in total. The van der Waals surface area contributed by atoms with Crippen molar-refractivity contribution in [2.24, 2.45) is 5.16 Å². The van der Waals surface area contributed by atoms with Crippen molar-refractivity contribution in [1.29, 1.82) is 0 Å². The molecule has 0 fully saturated rings. The normalized spacial score (nSPS) is 14.0. The molecule has 0 aliphatic carbocycles. The fourth-order valence-corrected chi connectivity index (χ4v) is 1.73. The molecule has 0 bridgehead atoms. The topological polar surface area (TPSA) is 53.9 Å². The number of aliphatic hydroxyl groups is 1. The third kappa shape index (κ3) is 9.21. The lowest BCUT2D eigenvalue weighted by Gasteiger charge is -2.22. The Bertz CT molecular complexity index is 424. The number of aryl methyl sites for hydroxylation is 1. The average Bonchev–Trinajstić information content (AvgIpc) is 2.43. The maximum atomic E-state index is 9.78. The Hall–Kier alpha value is -1.39. The number of hydrogen-bond donors (Lipinski definition) is 2. The van der Waals surface area contributed by atoms with Crippen molar-refractivity contribution in [3.8, 4) is 0 Å². The van der Waals surface area contributed by atoms with Crippen molar-refractivity contribution in [3.05, 3.63) is 35.9 Å². The van der Waals surface area contributed by atoms with Crippen molar-refractivity contribution in [2.45, 2.75) is 52.2 Å². The van der Waals surface area contributed by atoms with E-state index in [2.05, 4.69) is 43.4 Å². The number of benzene rings is 1. The molecule has 0 heterocycles. The number of nitrogens with zero attached hydrogens (tertiary/aromatic N) is 1. The van der Waals surface area contributed by atoms with E-state index in [4.69, 9.17) is 4.84 Å². The van der Waals surface area contributed by atoms with Crippen LogP contribution in [-0.2, 0) is 11.3 Å². The van der Waals surface area contributed by atoms with E-state index in [1.54, 1.807) is 0 Å². The van der Waals surface area contributed by atoms with Gasteiger partial charge >= 0.3 is 0 Å². The van der Waals surface area contributed by atoms with Crippen molar-refractivity contribution < 1.29 is 9.94 Å². The molecule has 0 aliphatic rings. The summed E-state index contributed by atoms with van der Waals surface area (Å²) >= 11 is 0. The summed E-state index contributed by atoms with van der Waals surface area (Å²) in [4.78, 5) is 5.21. The summed E-state index contributed by atoms with van der Waals surface area (Å²) in [5.74, 6) is 0. The van der Waals surface area contributed by atoms with Crippen molar-refractivity contribution in [3.63, 3.8) is 0 Å². The Morgan fingerprint density at radius 2 is 1.95 bits per heavy atom. The molecule has 0 spiro atoms. The van der Waals surface area contributed by atoms with Crippen molar-refractivity contribution >= 4 is 5.71 Å². The highest BCUT2D eigenvalue weighted by Gasteiger charge is 2.12. The molecule has 1 aromatic rings. The molecule has 21 heavy (non-hydrogen) atoms. The van der Waals surface area contributed by atoms with Gasteiger partial charge in [0.05, 0.1) is 5.71 Å². The molecule has 1 unspecified atom stereocenters. The molecule has 1 aromatic carbocycles. The Balaban J connectivity index is 2.20. The van der Waals surface area contributed by atoms with Gasteiger partial charge in [0.1, 0.15) is 12.7 Å². The second-order valence-electron chi connectivity index (χ2n) is 6.39. The van der Waals surface area contributed by atoms with Gasteiger partial charge in [0.2, 0.25) is 0 Å². The zero-order valence-corrected chi connectivity index (χ0v) is 13.6. The van der Waals surface area contributed by atoms with Crippen LogP contribution in [0, 0.1) is 0 Å². The summed E-state index contributed by atoms with van der Waals surface area (Å²) in [5.41, 5.74) is 2.23. The summed E-state index contributed by atoms with van der Waals surface area (Å²) < 4.78 is 0. The van der Waals surface area contributed by atoms with Crippen LogP contribution < -0.4 is 5.32 Å². The lowest BCUT2D eigenvalue weighted by molar-refractivity contribution is 0.0369. The summed E-state index contributed by atoms with van der Waals surface area (Å²) in [6, 6.07) is 10.3. The molecule has 118 valence electrons. The van der Waals surface area contributed by atoms with E-state index >= 15 is 0 Å². The maximum absolute atomic E-state index is 9.78. The first-order chi connectivity index (χ1) is 9.87. The molecular weight excluding hydrogens is 264 g/mol.